The van der Waals surface area contributed by atoms with Crippen LogP contribution < -0.4 is 0 Å². The Morgan fingerprint density at radius 3 is 2.14 bits per heavy atom. The molecule has 124 valence electrons. The number of hydrogen-bond donors (Lipinski definition) is 0. The van der Waals surface area contributed by atoms with Gasteiger partial charge in [0.15, 0.2) is 0 Å². The monoisotopic (exact) mass is 328 g/mol. The normalized spacial score (nSPS) is 12.2. The van der Waals surface area contributed by atoms with Crippen LogP contribution in [0.4, 0.5) is 0 Å². The van der Waals surface area contributed by atoms with Gasteiger partial charge in [-0.05, 0) is 52.7 Å². The first-order chi connectivity index (χ1) is 10.1. The van der Waals surface area contributed by atoms with Crippen molar-refractivity contribution >= 4 is 16.1 Å². The summed E-state index contributed by atoms with van der Waals surface area (Å²) >= 11 is 0. The van der Waals surface area contributed by atoms with Crippen molar-refractivity contribution in [3.63, 3.8) is 0 Å². The molecule has 0 heterocycles. The smallest absolute Gasteiger partial charge is 0.311 e. The molecule has 1 rings (SSSR count). The standard InChI is InChI=1S/C16H24O5S/c1-13-7-9-14(10-8-13)22(18,19)21-12-6-5-11-20-15(17)16(2,3)4/h7-10H,5-6,11-12H2,1-4H3. The van der Waals surface area contributed by atoms with Gasteiger partial charge in [0, 0.05) is 0 Å². The van der Waals surface area contributed by atoms with Gasteiger partial charge in [0.2, 0.25) is 0 Å². The Kier molecular flexibility index (Phi) is 6.56. The summed E-state index contributed by atoms with van der Waals surface area (Å²) in [5.74, 6) is -0.263. The molecule has 0 amide bonds. The van der Waals surface area contributed by atoms with Gasteiger partial charge in [0.05, 0.1) is 23.5 Å². The largest absolute Gasteiger partial charge is 0.465 e. The minimum atomic E-state index is -3.71. The number of rotatable bonds is 7. The summed E-state index contributed by atoms with van der Waals surface area (Å²) in [6, 6.07) is 6.50. The fourth-order valence-corrected chi connectivity index (χ4v) is 2.47. The summed E-state index contributed by atoms with van der Waals surface area (Å²) in [5.41, 5.74) is 0.463. The molecule has 0 aliphatic rings. The minimum Gasteiger partial charge on any atom is -0.465 e. The van der Waals surface area contributed by atoms with E-state index in [9.17, 15) is 13.2 Å². The van der Waals surface area contributed by atoms with Gasteiger partial charge in [0.25, 0.3) is 10.1 Å². The molecule has 0 aliphatic carbocycles. The van der Waals surface area contributed by atoms with Crippen LogP contribution >= 0.6 is 0 Å². The predicted octanol–water partition coefficient (Wildman–Crippen LogP) is 3.07. The third-order valence-electron chi connectivity index (χ3n) is 2.93. The first kappa shape index (κ1) is 18.6. The van der Waals surface area contributed by atoms with E-state index in [4.69, 9.17) is 8.92 Å². The number of aryl methyl sites for hydroxylation is 1. The summed E-state index contributed by atoms with van der Waals surface area (Å²) < 4.78 is 33.9. The van der Waals surface area contributed by atoms with Gasteiger partial charge >= 0.3 is 5.97 Å². The van der Waals surface area contributed by atoms with Gasteiger partial charge in [-0.3, -0.25) is 8.98 Å². The molecular weight excluding hydrogens is 304 g/mol. The molecule has 22 heavy (non-hydrogen) atoms. The number of benzene rings is 1. The van der Waals surface area contributed by atoms with Crippen LogP contribution in [0.2, 0.25) is 0 Å². The quantitative estimate of drug-likeness (QED) is 0.437. The molecule has 0 aromatic heterocycles. The van der Waals surface area contributed by atoms with Gasteiger partial charge in [-0.25, -0.2) is 0 Å². The van der Waals surface area contributed by atoms with Crippen LogP contribution in [0.1, 0.15) is 39.2 Å². The molecule has 0 unspecified atom stereocenters. The highest BCUT2D eigenvalue weighted by Crippen LogP contribution is 2.16. The zero-order valence-corrected chi connectivity index (χ0v) is 14.4. The second kappa shape index (κ2) is 7.74. The maximum atomic E-state index is 11.9. The van der Waals surface area contributed by atoms with Crippen molar-refractivity contribution in [2.24, 2.45) is 5.41 Å². The Labute approximate surface area is 132 Å². The highest BCUT2D eigenvalue weighted by Gasteiger charge is 2.22. The van der Waals surface area contributed by atoms with E-state index in [-0.39, 0.29) is 24.1 Å². The van der Waals surface area contributed by atoms with E-state index in [1.54, 1.807) is 32.9 Å². The van der Waals surface area contributed by atoms with Gasteiger partial charge in [0.1, 0.15) is 0 Å². The molecular formula is C16H24O5S. The van der Waals surface area contributed by atoms with Crippen molar-refractivity contribution < 1.29 is 22.1 Å². The van der Waals surface area contributed by atoms with E-state index in [2.05, 4.69) is 0 Å². The summed E-state index contributed by atoms with van der Waals surface area (Å²) in [6.07, 6.45) is 1.06. The minimum absolute atomic E-state index is 0.0727. The molecule has 0 fully saturated rings. The molecule has 0 spiro atoms. The van der Waals surface area contributed by atoms with Crippen molar-refractivity contribution in [3.8, 4) is 0 Å². The van der Waals surface area contributed by atoms with Crippen LogP contribution in [-0.2, 0) is 23.8 Å². The van der Waals surface area contributed by atoms with Crippen molar-refractivity contribution in [2.45, 2.75) is 45.4 Å². The Balaban J connectivity index is 2.30. The van der Waals surface area contributed by atoms with Crippen LogP contribution in [-0.4, -0.2) is 27.6 Å². The average Bonchev–Trinajstić information content (AvgIpc) is 2.41. The highest BCUT2D eigenvalue weighted by atomic mass is 32.2. The molecule has 0 aliphatic heterocycles. The third kappa shape index (κ3) is 6.15. The molecule has 0 saturated carbocycles. The van der Waals surface area contributed by atoms with E-state index in [0.717, 1.165) is 5.56 Å². The topological polar surface area (TPSA) is 69.7 Å². The summed E-state index contributed by atoms with van der Waals surface area (Å²) in [4.78, 5) is 11.7. The third-order valence-corrected chi connectivity index (χ3v) is 4.26. The van der Waals surface area contributed by atoms with Crippen LogP contribution in [0.15, 0.2) is 29.2 Å². The fraction of sp³-hybridized carbons (Fsp3) is 0.562. The Morgan fingerprint density at radius 2 is 1.59 bits per heavy atom. The van der Waals surface area contributed by atoms with Gasteiger partial charge in [-0.2, -0.15) is 8.42 Å². The molecule has 0 N–H and O–H groups in total. The average molecular weight is 328 g/mol. The van der Waals surface area contributed by atoms with E-state index < -0.39 is 15.5 Å². The van der Waals surface area contributed by atoms with Crippen molar-refractivity contribution in [1.29, 1.82) is 0 Å². The van der Waals surface area contributed by atoms with Crippen molar-refractivity contribution in [2.75, 3.05) is 13.2 Å². The summed E-state index contributed by atoms with van der Waals surface area (Å²) in [6.45, 7) is 7.58. The molecule has 0 radical (unpaired) electrons. The van der Waals surface area contributed by atoms with Crippen molar-refractivity contribution in [1.82, 2.24) is 0 Å². The second-order valence-corrected chi connectivity index (χ2v) is 7.80. The van der Waals surface area contributed by atoms with Crippen molar-refractivity contribution in [3.05, 3.63) is 29.8 Å². The molecule has 6 heteroatoms. The van der Waals surface area contributed by atoms with E-state index in [1.807, 2.05) is 6.92 Å². The maximum Gasteiger partial charge on any atom is 0.311 e. The SMILES string of the molecule is Cc1ccc(S(=O)(=O)OCCCCOC(=O)C(C)(C)C)cc1. The lowest BCUT2D eigenvalue weighted by molar-refractivity contribution is -0.153. The molecule has 0 atom stereocenters. The lowest BCUT2D eigenvalue weighted by atomic mass is 9.97. The molecule has 1 aromatic rings. The van der Waals surface area contributed by atoms with Gasteiger partial charge in [-0.15, -0.1) is 0 Å². The predicted molar refractivity (Wildman–Crippen MR) is 84.0 cm³/mol. The lowest BCUT2D eigenvalue weighted by Gasteiger charge is -2.16. The molecule has 1 aromatic carbocycles. The van der Waals surface area contributed by atoms with Crippen LogP contribution in [0.25, 0.3) is 0 Å². The van der Waals surface area contributed by atoms with Crippen LogP contribution in [0.5, 0.6) is 0 Å². The Morgan fingerprint density at radius 1 is 1.05 bits per heavy atom. The van der Waals surface area contributed by atoms with Crippen LogP contribution in [0, 0.1) is 12.3 Å². The maximum absolute atomic E-state index is 11.9. The molecule has 5 nitrogen and oxygen atoms in total. The zero-order chi connectivity index (χ0) is 16.8. The number of ether oxygens (including phenoxy) is 1. The first-order valence-corrected chi connectivity index (χ1v) is 8.67. The zero-order valence-electron chi connectivity index (χ0n) is 13.6. The number of carbonyl (C=O) groups excluding carboxylic acids is 1. The Bertz CT molecular complexity index is 582. The molecule has 0 bridgehead atoms. The molecule has 0 saturated heterocycles. The van der Waals surface area contributed by atoms with Gasteiger partial charge < -0.3 is 4.74 Å². The Hall–Kier alpha value is -1.40. The summed E-state index contributed by atoms with van der Waals surface area (Å²) in [5, 5.41) is 0. The van der Waals surface area contributed by atoms with E-state index in [0.29, 0.717) is 12.8 Å². The number of unbranched alkanes of at least 4 members (excludes halogenated alkanes) is 1. The lowest BCUT2D eigenvalue weighted by Crippen LogP contribution is -2.23. The fourth-order valence-electron chi connectivity index (χ4n) is 1.53. The van der Waals surface area contributed by atoms with Crippen LogP contribution in [0.3, 0.4) is 0 Å². The van der Waals surface area contributed by atoms with Gasteiger partial charge in [-0.1, -0.05) is 17.7 Å². The highest BCUT2D eigenvalue weighted by molar-refractivity contribution is 7.86. The second-order valence-electron chi connectivity index (χ2n) is 6.18. The number of esters is 1. The number of hydrogen-bond acceptors (Lipinski definition) is 5. The first-order valence-electron chi connectivity index (χ1n) is 7.26. The summed E-state index contributed by atoms with van der Waals surface area (Å²) in [7, 11) is -3.71. The van der Waals surface area contributed by atoms with E-state index in [1.165, 1.54) is 12.1 Å². The van der Waals surface area contributed by atoms with E-state index >= 15 is 0 Å². The number of carbonyl (C=O) groups is 1.